The van der Waals surface area contributed by atoms with E-state index in [1.807, 2.05) is 11.0 Å². The first kappa shape index (κ1) is 17.8. The minimum atomic E-state index is -0.697. The number of nitriles is 1. The first-order valence-corrected chi connectivity index (χ1v) is 8.18. The van der Waals surface area contributed by atoms with Gasteiger partial charge in [0, 0.05) is 25.1 Å². The predicted molar refractivity (Wildman–Crippen MR) is 91.0 cm³/mol. The van der Waals surface area contributed by atoms with Gasteiger partial charge in [0.2, 0.25) is 5.91 Å². The van der Waals surface area contributed by atoms with E-state index in [1.54, 1.807) is 12.1 Å². The molecule has 4 nitrogen and oxygen atoms in total. The summed E-state index contributed by atoms with van der Waals surface area (Å²) in [6, 6.07) is 9.04. The fourth-order valence-electron chi connectivity index (χ4n) is 3.04. The summed E-state index contributed by atoms with van der Waals surface area (Å²) in [5, 5.41) is 11.2. The van der Waals surface area contributed by atoms with Crippen LogP contribution in [0.1, 0.15) is 18.4 Å². The van der Waals surface area contributed by atoms with Crippen LogP contribution in [0.25, 0.3) is 0 Å². The van der Waals surface area contributed by atoms with Crippen molar-refractivity contribution in [1.29, 1.82) is 5.26 Å². The second-order valence-corrected chi connectivity index (χ2v) is 6.15. The Morgan fingerprint density at radius 3 is 2.46 bits per heavy atom. The Labute approximate surface area is 148 Å². The number of halogens is 3. The van der Waals surface area contributed by atoms with Crippen molar-refractivity contribution >= 4 is 17.3 Å². The van der Waals surface area contributed by atoms with E-state index in [0.717, 1.165) is 18.2 Å². The zero-order valence-electron chi connectivity index (χ0n) is 13.8. The van der Waals surface area contributed by atoms with Gasteiger partial charge in [-0.1, -0.05) is 0 Å². The van der Waals surface area contributed by atoms with Crippen LogP contribution in [0.3, 0.4) is 0 Å². The summed E-state index contributed by atoms with van der Waals surface area (Å²) in [7, 11) is 0. The zero-order valence-corrected chi connectivity index (χ0v) is 13.8. The highest BCUT2D eigenvalue weighted by molar-refractivity contribution is 5.92. The molecule has 0 aliphatic carbocycles. The molecular weight excluding hydrogens is 343 g/mol. The molecule has 1 saturated heterocycles. The molecular formula is C19H16F3N3O. The minimum absolute atomic E-state index is 0.185. The van der Waals surface area contributed by atoms with Crippen molar-refractivity contribution in [1.82, 2.24) is 0 Å². The second kappa shape index (κ2) is 7.48. The van der Waals surface area contributed by atoms with Crippen molar-refractivity contribution in [2.45, 2.75) is 12.8 Å². The average Bonchev–Trinajstić information content (AvgIpc) is 2.64. The number of carbonyl (C=O) groups excluding carboxylic acids is 1. The maximum atomic E-state index is 14.1. The number of hydrogen-bond donors (Lipinski definition) is 1. The van der Waals surface area contributed by atoms with E-state index in [0.29, 0.717) is 31.6 Å². The first-order valence-electron chi connectivity index (χ1n) is 8.18. The average molecular weight is 359 g/mol. The summed E-state index contributed by atoms with van der Waals surface area (Å²) >= 11 is 0. The van der Waals surface area contributed by atoms with E-state index in [9.17, 15) is 18.0 Å². The van der Waals surface area contributed by atoms with Gasteiger partial charge < -0.3 is 10.2 Å². The van der Waals surface area contributed by atoms with Crippen LogP contribution in [0.5, 0.6) is 0 Å². The number of nitrogens with zero attached hydrogens (tertiary/aromatic N) is 2. The highest BCUT2D eigenvalue weighted by Gasteiger charge is 2.27. The predicted octanol–water partition coefficient (Wildman–Crippen LogP) is 3.83. The first-order chi connectivity index (χ1) is 12.5. The Bertz CT molecular complexity index is 871. The highest BCUT2D eigenvalue weighted by atomic mass is 19.1. The van der Waals surface area contributed by atoms with E-state index in [4.69, 9.17) is 5.26 Å². The Kier molecular flexibility index (Phi) is 5.12. The molecule has 2 aromatic rings. The van der Waals surface area contributed by atoms with Gasteiger partial charge in [0.1, 0.15) is 17.5 Å². The SMILES string of the molecule is N#Cc1ccc(N2CCC(C(=O)Nc3cc(F)ccc3F)CC2)c(F)c1. The van der Waals surface area contributed by atoms with Gasteiger partial charge in [0.05, 0.1) is 23.0 Å². The van der Waals surface area contributed by atoms with E-state index in [-0.39, 0.29) is 23.1 Å². The van der Waals surface area contributed by atoms with Crippen LogP contribution in [0.4, 0.5) is 24.5 Å². The summed E-state index contributed by atoms with van der Waals surface area (Å²) in [6.07, 6.45) is 0.921. The van der Waals surface area contributed by atoms with E-state index in [2.05, 4.69) is 5.32 Å². The Morgan fingerprint density at radius 2 is 1.81 bits per heavy atom. The molecule has 3 rings (SSSR count). The zero-order chi connectivity index (χ0) is 18.7. The molecule has 1 amide bonds. The number of hydrogen-bond acceptors (Lipinski definition) is 3. The van der Waals surface area contributed by atoms with Crippen LogP contribution >= 0.6 is 0 Å². The van der Waals surface area contributed by atoms with Gasteiger partial charge in [-0.3, -0.25) is 4.79 Å². The molecule has 0 radical (unpaired) electrons. The molecule has 0 atom stereocenters. The number of nitrogens with one attached hydrogen (secondary N) is 1. The maximum Gasteiger partial charge on any atom is 0.227 e. The van der Waals surface area contributed by atoms with Gasteiger partial charge in [-0.2, -0.15) is 5.26 Å². The van der Waals surface area contributed by atoms with Gasteiger partial charge in [0.25, 0.3) is 0 Å². The lowest BCUT2D eigenvalue weighted by atomic mass is 9.95. The van der Waals surface area contributed by atoms with Crippen molar-refractivity contribution in [2.75, 3.05) is 23.3 Å². The summed E-state index contributed by atoms with van der Waals surface area (Å²) in [5.74, 6) is -2.55. The van der Waals surface area contributed by atoms with Gasteiger partial charge in [-0.15, -0.1) is 0 Å². The molecule has 0 saturated carbocycles. The Balaban J connectivity index is 1.62. The molecule has 134 valence electrons. The summed E-state index contributed by atoms with van der Waals surface area (Å²) < 4.78 is 40.9. The van der Waals surface area contributed by atoms with Crippen LogP contribution in [-0.4, -0.2) is 19.0 Å². The molecule has 1 fully saturated rings. The topological polar surface area (TPSA) is 56.1 Å². The normalized spacial score (nSPS) is 14.8. The lowest BCUT2D eigenvalue weighted by Crippen LogP contribution is -2.38. The molecule has 0 aromatic heterocycles. The maximum absolute atomic E-state index is 14.1. The van der Waals surface area contributed by atoms with Crippen molar-refractivity contribution < 1.29 is 18.0 Å². The van der Waals surface area contributed by atoms with Crippen LogP contribution in [-0.2, 0) is 4.79 Å². The fourth-order valence-corrected chi connectivity index (χ4v) is 3.04. The van der Waals surface area contributed by atoms with Crippen LogP contribution in [0.15, 0.2) is 36.4 Å². The third kappa shape index (κ3) is 3.80. The van der Waals surface area contributed by atoms with Crippen molar-refractivity contribution in [3.05, 3.63) is 59.4 Å². The molecule has 0 spiro atoms. The molecule has 1 N–H and O–H groups in total. The minimum Gasteiger partial charge on any atom is -0.369 e. The molecule has 26 heavy (non-hydrogen) atoms. The highest BCUT2D eigenvalue weighted by Crippen LogP contribution is 2.27. The largest absolute Gasteiger partial charge is 0.369 e. The smallest absolute Gasteiger partial charge is 0.227 e. The number of benzene rings is 2. The van der Waals surface area contributed by atoms with E-state index >= 15 is 0 Å². The lowest BCUT2D eigenvalue weighted by Gasteiger charge is -2.33. The third-order valence-corrected chi connectivity index (χ3v) is 4.47. The van der Waals surface area contributed by atoms with Crippen molar-refractivity contribution in [3.63, 3.8) is 0 Å². The number of carbonyl (C=O) groups is 1. The third-order valence-electron chi connectivity index (χ3n) is 4.47. The standard InChI is InChI=1S/C19H16F3N3O/c20-14-2-3-15(21)17(10-14)24-19(26)13-5-7-25(8-6-13)18-4-1-12(11-23)9-16(18)22/h1-4,9-10,13H,5-8H2,(H,24,26). The van der Waals surface area contributed by atoms with Crippen molar-refractivity contribution in [2.24, 2.45) is 5.92 Å². The van der Waals surface area contributed by atoms with Crippen LogP contribution in [0.2, 0.25) is 0 Å². The number of anilines is 2. The Morgan fingerprint density at radius 1 is 1.08 bits per heavy atom. The molecule has 1 aliphatic rings. The molecule has 0 unspecified atom stereocenters. The van der Waals surface area contributed by atoms with Crippen molar-refractivity contribution in [3.8, 4) is 6.07 Å². The fraction of sp³-hybridized carbons (Fsp3) is 0.263. The van der Waals surface area contributed by atoms with E-state index < -0.39 is 17.5 Å². The van der Waals surface area contributed by atoms with Gasteiger partial charge in [-0.25, -0.2) is 13.2 Å². The summed E-state index contributed by atoms with van der Waals surface area (Å²) in [5.41, 5.74) is 0.451. The Hall–Kier alpha value is -3.01. The number of rotatable bonds is 3. The molecule has 0 bridgehead atoms. The molecule has 7 heteroatoms. The quantitative estimate of drug-likeness (QED) is 0.906. The van der Waals surface area contributed by atoms with Crippen LogP contribution < -0.4 is 10.2 Å². The lowest BCUT2D eigenvalue weighted by molar-refractivity contribution is -0.120. The molecule has 1 heterocycles. The van der Waals surface area contributed by atoms with Gasteiger partial charge in [0.15, 0.2) is 0 Å². The summed E-state index contributed by atoms with van der Waals surface area (Å²) in [6.45, 7) is 0.902. The number of amides is 1. The van der Waals surface area contributed by atoms with Crippen LogP contribution in [0, 0.1) is 34.7 Å². The molecule has 1 aliphatic heterocycles. The van der Waals surface area contributed by atoms with Gasteiger partial charge in [-0.05, 0) is 43.2 Å². The summed E-state index contributed by atoms with van der Waals surface area (Å²) in [4.78, 5) is 14.1. The second-order valence-electron chi connectivity index (χ2n) is 6.15. The van der Waals surface area contributed by atoms with Gasteiger partial charge >= 0.3 is 0 Å². The molecule has 2 aromatic carbocycles. The number of piperidine rings is 1. The monoisotopic (exact) mass is 359 g/mol. The van der Waals surface area contributed by atoms with E-state index in [1.165, 1.54) is 6.07 Å².